The van der Waals surface area contributed by atoms with Crippen molar-refractivity contribution in [3.05, 3.63) is 76.7 Å². The Hall–Kier alpha value is -3.61. The molecule has 0 unspecified atom stereocenters. The van der Waals surface area contributed by atoms with Gasteiger partial charge in [0.25, 0.3) is 5.91 Å². The number of nitrogens with zero attached hydrogens (tertiary/aromatic N) is 1. The van der Waals surface area contributed by atoms with Gasteiger partial charge < -0.3 is 19.9 Å². The van der Waals surface area contributed by atoms with Crippen molar-refractivity contribution in [2.45, 2.75) is 40.8 Å². The van der Waals surface area contributed by atoms with Crippen LogP contribution in [0.2, 0.25) is 0 Å². The summed E-state index contributed by atoms with van der Waals surface area (Å²) in [4.78, 5) is 24.3. The van der Waals surface area contributed by atoms with E-state index < -0.39 is 0 Å². The second-order valence-corrected chi connectivity index (χ2v) is 7.64. The molecule has 31 heavy (non-hydrogen) atoms. The lowest BCUT2D eigenvalue weighted by molar-refractivity contribution is -0.118. The fourth-order valence-electron chi connectivity index (χ4n) is 2.90. The lowest BCUT2D eigenvalue weighted by Gasteiger charge is -2.10. The quantitative estimate of drug-likeness (QED) is 0.562. The molecular weight excluding hydrogens is 394 g/mol. The minimum absolute atomic E-state index is 0.0437. The van der Waals surface area contributed by atoms with E-state index >= 15 is 0 Å². The van der Waals surface area contributed by atoms with E-state index in [0.29, 0.717) is 30.2 Å². The molecule has 2 amide bonds. The molecule has 2 N–H and O–H groups in total. The highest BCUT2D eigenvalue weighted by Gasteiger charge is 2.11. The van der Waals surface area contributed by atoms with Crippen LogP contribution in [0.15, 0.2) is 53.1 Å². The van der Waals surface area contributed by atoms with Crippen LogP contribution in [0.4, 0.5) is 5.69 Å². The number of ether oxygens (including phenoxy) is 1. The van der Waals surface area contributed by atoms with Gasteiger partial charge in [-0.2, -0.15) is 0 Å². The molecule has 0 atom stereocenters. The van der Waals surface area contributed by atoms with Crippen LogP contribution in [0.3, 0.4) is 0 Å². The number of aromatic nitrogens is 1. The van der Waals surface area contributed by atoms with Crippen molar-refractivity contribution in [1.82, 2.24) is 10.5 Å². The monoisotopic (exact) mass is 421 g/mol. The summed E-state index contributed by atoms with van der Waals surface area (Å²) in [7, 11) is 0. The number of benzene rings is 2. The van der Waals surface area contributed by atoms with Crippen LogP contribution in [-0.4, -0.2) is 17.0 Å². The van der Waals surface area contributed by atoms with E-state index in [2.05, 4.69) is 15.8 Å². The maximum atomic E-state index is 12.5. The molecule has 162 valence electrons. The van der Waals surface area contributed by atoms with Gasteiger partial charge in [0, 0.05) is 23.7 Å². The van der Waals surface area contributed by atoms with Crippen molar-refractivity contribution in [3.63, 3.8) is 0 Å². The van der Waals surface area contributed by atoms with Gasteiger partial charge in [0.1, 0.15) is 18.1 Å². The lowest BCUT2D eigenvalue weighted by atomic mass is 10.1. The number of hydrogen-bond donors (Lipinski definition) is 2. The summed E-state index contributed by atoms with van der Waals surface area (Å²) in [6.07, 6.45) is 0. The summed E-state index contributed by atoms with van der Waals surface area (Å²) in [5.74, 6) is 1.07. The maximum Gasteiger partial charge on any atom is 0.251 e. The molecule has 3 rings (SSSR count). The zero-order chi connectivity index (χ0) is 22.4. The van der Waals surface area contributed by atoms with Crippen LogP contribution in [0, 0.1) is 19.8 Å². The summed E-state index contributed by atoms with van der Waals surface area (Å²) in [5.41, 5.74) is 3.88. The molecule has 3 aromatic rings. The third-order valence-corrected chi connectivity index (χ3v) is 4.85. The van der Waals surface area contributed by atoms with Gasteiger partial charge in [-0.1, -0.05) is 31.1 Å². The number of amides is 2. The van der Waals surface area contributed by atoms with Gasteiger partial charge in [0.2, 0.25) is 5.91 Å². The predicted octanol–water partition coefficient (Wildman–Crippen LogP) is 4.39. The Labute approximate surface area is 181 Å². The first-order valence-electron chi connectivity index (χ1n) is 10.2. The van der Waals surface area contributed by atoms with Gasteiger partial charge in [-0.3, -0.25) is 9.59 Å². The Morgan fingerprint density at radius 1 is 1.10 bits per heavy atom. The number of carbonyl (C=O) groups excluding carboxylic acids is 2. The highest BCUT2D eigenvalue weighted by molar-refractivity contribution is 5.94. The van der Waals surface area contributed by atoms with Crippen molar-refractivity contribution in [2.75, 3.05) is 5.32 Å². The van der Waals surface area contributed by atoms with Crippen molar-refractivity contribution in [3.8, 4) is 5.75 Å². The molecule has 0 bridgehead atoms. The van der Waals surface area contributed by atoms with E-state index in [4.69, 9.17) is 9.26 Å². The first kappa shape index (κ1) is 22.1. The van der Waals surface area contributed by atoms with Crippen LogP contribution in [0.5, 0.6) is 5.75 Å². The Balaban J connectivity index is 1.53. The van der Waals surface area contributed by atoms with E-state index in [9.17, 15) is 9.59 Å². The normalized spacial score (nSPS) is 10.7. The van der Waals surface area contributed by atoms with E-state index in [1.54, 1.807) is 24.3 Å². The molecule has 2 aromatic carbocycles. The standard InChI is InChI=1S/C24H27N3O4/c1-15(2)23(28)26-20-7-5-6-18(12-20)13-25-24(29)19-8-10-21(11-9-19)30-14-22-16(3)27-31-17(22)4/h5-12,15H,13-14H2,1-4H3,(H,25,29)(H,26,28). The topological polar surface area (TPSA) is 93.5 Å². The van der Waals surface area contributed by atoms with Gasteiger partial charge in [-0.25, -0.2) is 0 Å². The zero-order valence-electron chi connectivity index (χ0n) is 18.2. The fourth-order valence-corrected chi connectivity index (χ4v) is 2.90. The fraction of sp³-hybridized carbons (Fsp3) is 0.292. The molecule has 0 saturated carbocycles. The minimum Gasteiger partial charge on any atom is -0.489 e. The van der Waals surface area contributed by atoms with E-state index in [1.165, 1.54) is 0 Å². The van der Waals surface area contributed by atoms with Crippen molar-refractivity contribution < 1.29 is 18.8 Å². The molecule has 1 aromatic heterocycles. The molecule has 0 radical (unpaired) electrons. The summed E-state index contributed by atoms with van der Waals surface area (Å²) in [6, 6.07) is 14.4. The number of carbonyl (C=O) groups is 2. The van der Waals surface area contributed by atoms with Crippen molar-refractivity contribution in [1.29, 1.82) is 0 Å². The van der Waals surface area contributed by atoms with Crippen LogP contribution in [0.1, 0.15) is 46.8 Å². The SMILES string of the molecule is Cc1noc(C)c1COc1ccc(C(=O)NCc2cccc(NC(=O)C(C)C)c2)cc1. The molecule has 0 spiro atoms. The number of rotatable bonds is 8. The third-order valence-electron chi connectivity index (χ3n) is 4.85. The molecular formula is C24H27N3O4. The summed E-state index contributed by atoms with van der Waals surface area (Å²) >= 11 is 0. The van der Waals surface area contributed by atoms with Gasteiger partial charge >= 0.3 is 0 Å². The Morgan fingerprint density at radius 3 is 2.48 bits per heavy atom. The Bertz CT molecular complexity index is 1040. The molecule has 0 aliphatic carbocycles. The van der Waals surface area contributed by atoms with Crippen LogP contribution in [-0.2, 0) is 17.9 Å². The summed E-state index contributed by atoms with van der Waals surface area (Å²) in [5, 5.41) is 9.66. The molecule has 0 aliphatic rings. The van der Waals surface area contributed by atoms with Crippen molar-refractivity contribution >= 4 is 17.5 Å². The Morgan fingerprint density at radius 2 is 1.84 bits per heavy atom. The summed E-state index contributed by atoms with van der Waals surface area (Å²) in [6.45, 7) is 8.11. The molecule has 0 aliphatic heterocycles. The third kappa shape index (κ3) is 5.94. The van der Waals surface area contributed by atoms with Gasteiger partial charge in [0.05, 0.1) is 11.3 Å². The van der Waals surface area contributed by atoms with E-state index in [0.717, 1.165) is 22.6 Å². The number of nitrogens with one attached hydrogen (secondary N) is 2. The highest BCUT2D eigenvalue weighted by Crippen LogP contribution is 2.18. The number of aryl methyl sites for hydroxylation is 2. The van der Waals surface area contributed by atoms with Gasteiger partial charge in [0.15, 0.2) is 0 Å². The second-order valence-electron chi connectivity index (χ2n) is 7.64. The lowest BCUT2D eigenvalue weighted by Crippen LogP contribution is -2.23. The molecule has 0 saturated heterocycles. The smallest absolute Gasteiger partial charge is 0.251 e. The number of anilines is 1. The second kappa shape index (κ2) is 9.93. The largest absolute Gasteiger partial charge is 0.489 e. The molecule has 7 nitrogen and oxygen atoms in total. The van der Waals surface area contributed by atoms with E-state index in [1.807, 2.05) is 52.0 Å². The molecule has 0 fully saturated rings. The average Bonchev–Trinajstić information content (AvgIpc) is 3.08. The van der Waals surface area contributed by atoms with E-state index in [-0.39, 0.29) is 17.7 Å². The van der Waals surface area contributed by atoms with Gasteiger partial charge in [-0.05, 0) is 55.8 Å². The maximum absolute atomic E-state index is 12.5. The highest BCUT2D eigenvalue weighted by atomic mass is 16.5. The van der Waals surface area contributed by atoms with Crippen molar-refractivity contribution in [2.24, 2.45) is 5.92 Å². The van der Waals surface area contributed by atoms with Gasteiger partial charge in [-0.15, -0.1) is 0 Å². The van der Waals surface area contributed by atoms with Crippen LogP contribution < -0.4 is 15.4 Å². The average molecular weight is 421 g/mol. The number of hydrogen-bond acceptors (Lipinski definition) is 5. The predicted molar refractivity (Wildman–Crippen MR) is 118 cm³/mol. The first-order chi connectivity index (χ1) is 14.8. The Kier molecular flexibility index (Phi) is 7.07. The molecule has 7 heteroatoms. The molecule has 1 heterocycles. The van der Waals surface area contributed by atoms with Crippen LogP contribution >= 0.6 is 0 Å². The first-order valence-corrected chi connectivity index (χ1v) is 10.2. The summed E-state index contributed by atoms with van der Waals surface area (Å²) < 4.78 is 10.9. The van der Waals surface area contributed by atoms with Crippen LogP contribution in [0.25, 0.3) is 0 Å². The zero-order valence-corrected chi connectivity index (χ0v) is 18.2. The minimum atomic E-state index is -0.186.